The molecule has 114 valence electrons. The lowest BCUT2D eigenvalue weighted by molar-refractivity contribution is 0.0147. The van der Waals surface area contributed by atoms with E-state index in [0.717, 1.165) is 32.5 Å². The summed E-state index contributed by atoms with van der Waals surface area (Å²) in [5, 5.41) is 0. The van der Waals surface area contributed by atoms with E-state index in [2.05, 4.69) is 4.90 Å². The number of fused-ring (bicyclic) bond motifs is 1. The smallest absolute Gasteiger partial charge is 0.231 e. The zero-order chi connectivity index (χ0) is 14.7. The molecule has 5 heteroatoms. The molecule has 0 spiro atoms. The third-order valence-electron chi connectivity index (χ3n) is 4.00. The summed E-state index contributed by atoms with van der Waals surface area (Å²) in [6, 6.07) is 5.39. The first kappa shape index (κ1) is 14.4. The normalized spacial score (nSPS) is 18.9. The van der Waals surface area contributed by atoms with Crippen molar-refractivity contribution in [2.24, 2.45) is 0 Å². The number of ether oxygens (including phenoxy) is 3. The van der Waals surface area contributed by atoms with Crippen molar-refractivity contribution in [2.75, 3.05) is 33.0 Å². The number of Topliss-reactive ketones (excluding diaryl/α,β-unsaturated/α-hetero) is 1. The van der Waals surface area contributed by atoms with Gasteiger partial charge in [-0.2, -0.15) is 0 Å². The highest BCUT2D eigenvalue weighted by atomic mass is 16.7. The molecule has 2 aliphatic heterocycles. The Hall–Kier alpha value is -1.59. The Bertz CT molecular complexity index is 509. The highest BCUT2D eigenvalue weighted by molar-refractivity contribution is 5.98. The van der Waals surface area contributed by atoms with Crippen molar-refractivity contribution < 1.29 is 19.0 Å². The molecule has 0 atom stereocenters. The van der Waals surface area contributed by atoms with Crippen molar-refractivity contribution in [1.29, 1.82) is 0 Å². The molecule has 0 unspecified atom stereocenters. The molecule has 21 heavy (non-hydrogen) atoms. The molecule has 0 saturated carbocycles. The average molecular weight is 291 g/mol. The zero-order valence-electron chi connectivity index (χ0n) is 12.3. The van der Waals surface area contributed by atoms with Crippen LogP contribution in [0.2, 0.25) is 0 Å². The molecule has 0 aromatic heterocycles. The van der Waals surface area contributed by atoms with Crippen LogP contribution >= 0.6 is 0 Å². The fraction of sp³-hybridized carbons (Fsp3) is 0.562. The van der Waals surface area contributed by atoms with Gasteiger partial charge in [0.2, 0.25) is 6.79 Å². The summed E-state index contributed by atoms with van der Waals surface area (Å²) in [5.41, 5.74) is 0.686. The molecule has 1 fully saturated rings. The maximum absolute atomic E-state index is 12.4. The van der Waals surface area contributed by atoms with Crippen molar-refractivity contribution in [2.45, 2.75) is 25.9 Å². The van der Waals surface area contributed by atoms with Crippen LogP contribution in [0.4, 0.5) is 0 Å². The minimum atomic E-state index is 0.128. The summed E-state index contributed by atoms with van der Waals surface area (Å²) in [6.07, 6.45) is 2.36. The molecule has 2 aliphatic rings. The van der Waals surface area contributed by atoms with Crippen LogP contribution in [0, 0.1) is 0 Å². The first-order chi connectivity index (χ1) is 10.3. The SMILES string of the molecule is CCOC1CCN(CC(=O)c2ccc3c(c2)OCO3)CC1. The van der Waals surface area contributed by atoms with Gasteiger partial charge in [0.1, 0.15) is 0 Å². The van der Waals surface area contributed by atoms with Gasteiger partial charge in [-0.1, -0.05) is 0 Å². The second kappa shape index (κ2) is 6.45. The van der Waals surface area contributed by atoms with Crippen LogP contribution in [0.25, 0.3) is 0 Å². The van der Waals surface area contributed by atoms with Crippen molar-refractivity contribution >= 4 is 5.78 Å². The highest BCUT2D eigenvalue weighted by Crippen LogP contribution is 2.32. The van der Waals surface area contributed by atoms with Crippen LogP contribution in [0.1, 0.15) is 30.1 Å². The van der Waals surface area contributed by atoms with Crippen molar-refractivity contribution in [1.82, 2.24) is 4.90 Å². The number of ketones is 1. The van der Waals surface area contributed by atoms with Gasteiger partial charge in [0.05, 0.1) is 12.6 Å². The average Bonchev–Trinajstić information content (AvgIpc) is 2.97. The molecule has 3 rings (SSSR count). The molecule has 0 amide bonds. The van der Waals surface area contributed by atoms with E-state index in [1.165, 1.54) is 0 Å². The molecular formula is C16H21NO4. The third kappa shape index (κ3) is 3.36. The number of carbonyl (C=O) groups is 1. The lowest BCUT2D eigenvalue weighted by Crippen LogP contribution is -2.39. The van der Waals surface area contributed by atoms with E-state index < -0.39 is 0 Å². The fourth-order valence-corrected chi connectivity index (χ4v) is 2.83. The van der Waals surface area contributed by atoms with E-state index in [1.54, 1.807) is 12.1 Å². The number of likely N-dealkylation sites (tertiary alicyclic amines) is 1. The van der Waals surface area contributed by atoms with Gasteiger partial charge in [0, 0.05) is 25.3 Å². The van der Waals surface area contributed by atoms with Crippen molar-refractivity contribution in [3.63, 3.8) is 0 Å². The molecule has 1 aromatic carbocycles. The van der Waals surface area contributed by atoms with Gasteiger partial charge in [-0.25, -0.2) is 0 Å². The van der Waals surface area contributed by atoms with E-state index >= 15 is 0 Å². The van der Waals surface area contributed by atoms with Crippen molar-refractivity contribution in [3.8, 4) is 11.5 Å². The van der Waals surface area contributed by atoms with Gasteiger partial charge >= 0.3 is 0 Å². The van der Waals surface area contributed by atoms with E-state index in [9.17, 15) is 4.79 Å². The molecule has 0 radical (unpaired) electrons. The number of carbonyl (C=O) groups excluding carboxylic acids is 1. The second-order valence-electron chi connectivity index (χ2n) is 5.42. The first-order valence-corrected chi connectivity index (χ1v) is 7.53. The van der Waals surface area contributed by atoms with E-state index in [-0.39, 0.29) is 12.6 Å². The Balaban J connectivity index is 1.55. The van der Waals surface area contributed by atoms with Crippen molar-refractivity contribution in [3.05, 3.63) is 23.8 Å². The minimum absolute atomic E-state index is 0.128. The second-order valence-corrected chi connectivity index (χ2v) is 5.42. The first-order valence-electron chi connectivity index (χ1n) is 7.53. The molecule has 2 heterocycles. The minimum Gasteiger partial charge on any atom is -0.454 e. The van der Waals surface area contributed by atoms with Gasteiger partial charge in [0.25, 0.3) is 0 Å². The summed E-state index contributed by atoms with van der Waals surface area (Å²) >= 11 is 0. The van der Waals surface area contributed by atoms with Gasteiger partial charge in [0.15, 0.2) is 17.3 Å². The van der Waals surface area contributed by atoms with Gasteiger partial charge in [-0.15, -0.1) is 0 Å². The monoisotopic (exact) mass is 291 g/mol. The third-order valence-corrected chi connectivity index (χ3v) is 4.00. The molecular weight excluding hydrogens is 270 g/mol. The maximum atomic E-state index is 12.4. The van der Waals surface area contributed by atoms with Crippen LogP contribution in [-0.4, -0.2) is 49.8 Å². The topological polar surface area (TPSA) is 48.0 Å². The van der Waals surface area contributed by atoms with Gasteiger partial charge in [-0.05, 0) is 38.0 Å². The zero-order valence-corrected chi connectivity index (χ0v) is 12.3. The lowest BCUT2D eigenvalue weighted by Gasteiger charge is -2.31. The Kier molecular flexibility index (Phi) is 4.41. The van der Waals surface area contributed by atoms with Crippen LogP contribution in [0.3, 0.4) is 0 Å². The number of hydrogen-bond acceptors (Lipinski definition) is 5. The Morgan fingerprint density at radius 1 is 1.29 bits per heavy atom. The van der Waals surface area contributed by atoms with Gasteiger partial charge in [-0.3, -0.25) is 9.69 Å². The number of rotatable bonds is 5. The van der Waals surface area contributed by atoms with E-state index in [1.807, 2.05) is 13.0 Å². The molecule has 1 saturated heterocycles. The van der Waals surface area contributed by atoms with Gasteiger partial charge < -0.3 is 14.2 Å². The maximum Gasteiger partial charge on any atom is 0.231 e. The summed E-state index contributed by atoms with van der Waals surface area (Å²) in [5.74, 6) is 1.50. The molecule has 5 nitrogen and oxygen atoms in total. The summed E-state index contributed by atoms with van der Waals surface area (Å²) in [4.78, 5) is 14.5. The Labute approximate surface area is 124 Å². The predicted molar refractivity (Wildman–Crippen MR) is 78.0 cm³/mol. The van der Waals surface area contributed by atoms with Crippen LogP contribution in [-0.2, 0) is 4.74 Å². The van der Waals surface area contributed by atoms with Crippen LogP contribution < -0.4 is 9.47 Å². The Morgan fingerprint density at radius 2 is 2.05 bits per heavy atom. The number of hydrogen-bond donors (Lipinski definition) is 0. The Morgan fingerprint density at radius 3 is 2.81 bits per heavy atom. The van der Waals surface area contributed by atoms with Crippen LogP contribution in [0.15, 0.2) is 18.2 Å². The summed E-state index contributed by atoms with van der Waals surface area (Å²) < 4.78 is 16.2. The fourth-order valence-electron chi connectivity index (χ4n) is 2.83. The molecule has 0 bridgehead atoms. The van der Waals surface area contributed by atoms with E-state index in [0.29, 0.717) is 29.7 Å². The molecule has 0 N–H and O–H groups in total. The lowest BCUT2D eigenvalue weighted by atomic mass is 10.1. The molecule has 0 aliphatic carbocycles. The standard InChI is InChI=1S/C16H21NO4/c1-2-19-13-5-7-17(8-6-13)10-14(18)12-3-4-15-16(9-12)21-11-20-15/h3-4,9,13H,2,5-8,10-11H2,1H3. The largest absolute Gasteiger partial charge is 0.454 e. The highest BCUT2D eigenvalue weighted by Gasteiger charge is 2.22. The number of nitrogens with zero attached hydrogens (tertiary/aromatic N) is 1. The number of benzene rings is 1. The summed E-state index contributed by atoms with van der Waals surface area (Å²) in [6.45, 7) is 5.31. The number of piperidine rings is 1. The quantitative estimate of drug-likeness (QED) is 0.778. The predicted octanol–water partition coefficient (Wildman–Crippen LogP) is 2.10. The molecule has 1 aromatic rings. The summed E-state index contributed by atoms with van der Waals surface area (Å²) in [7, 11) is 0. The van der Waals surface area contributed by atoms with E-state index in [4.69, 9.17) is 14.2 Å². The van der Waals surface area contributed by atoms with Crippen LogP contribution in [0.5, 0.6) is 11.5 Å².